The van der Waals surface area contributed by atoms with Gasteiger partial charge in [-0.15, -0.1) is 0 Å². The molecular weight excluding hydrogens is 386 g/mol. The summed E-state index contributed by atoms with van der Waals surface area (Å²) in [6, 6.07) is 17.2. The van der Waals surface area contributed by atoms with Crippen molar-refractivity contribution in [2.24, 2.45) is 0 Å². The number of rotatable bonds is 4. The van der Waals surface area contributed by atoms with Crippen molar-refractivity contribution >= 4 is 21.6 Å². The summed E-state index contributed by atoms with van der Waals surface area (Å²) in [4.78, 5) is 16.5. The standard InChI is InChI=1S/C22H27N3O3S/c1-18-8-10-19(11-9-18)15-29(27,28)24-13-12-22(16-24)17-25(21(26)14-23(22)2)20-6-4-3-5-7-20/h3-11H,12-17H2,1-2H3/t22-/m1/s1. The van der Waals surface area contributed by atoms with Crippen molar-refractivity contribution in [3.63, 3.8) is 0 Å². The van der Waals surface area contributed by atoms with Crippen molar-refractivity contribution in [3.8, 4) is 0 Å². The molecular formula is C22H27N3O3S. The average molecular weight is 414 g/mol. The van der Waals surface area contributed by atoms with Crippen LogP contribution in [0.4, 0.5) is 5.69 Å². The highest BCUT2D eigenvalue weighted by atomic mass is 32.2. The SMILES string of the molecule is Cc1ccc(CS(=O)(=O)N2CC[C@]3(CN(c4ccccc4)C(=O)CN3C)C2)cc1. The molecule has 1 spiro atoms. The minimum Gasteiger partial charge on any atom is -0.309 e. The molecule has 2 fully saturated rings. The Labute approximate surface area is 172 Å². The summed E-state index contributed by atoms with van der Waals surface area (Å²) in [5.74, 6) is 0.0549. The van der Waals surface area contributed by atoms with Gasteiger partial charge in [-0.05, 0) is 38.1 Å². The Hall–Kier alpha value is -2.22. The molecule has 4 rings (SSSR count). The van der Waals surface area contributed by atoms with Crippen molar-refractivity contribution in [1.82, 2.24) is 9.21 Å². The van der Waals surface area contributed by atoms with E-state index in [1.54, 1.807) is 9.21 Å². The molecule has 154 valence electrons. The summed E-state index contributed by atoms with van der Waals surface area (Å²) in [5, 5.41) is 0. The van der Waals surface area contributed by atoms with E-state index >= 15 is 0 Å². The summed E-state index contributed by atoms with van der Waals surface area (Å²) in [6.07, 6.45) is 0.716. The third kappa shape index (κ3) is 3.95. The number of anilines is 1. The molecule has 2 aliphatic heterocycles. The Kier molecular flexibility index (Phi) is 5.23. The summed E-state index contributed by atoms with van der Waals surface area (Å²) in [7, 11) is -1.49. The van der Waals surface area contributed by atoms with Gasteiger partial charge in [0.05, 0.1) is 17.8 Å². The smallest absolute Gasteiger partial charge is 0.241 e. The average Bonchev–Trinajstić information content (AvgIpc) is 3.14. The van der Waals surface area contributed by atoms with E-state index in [1.165, 1.54) is 0 Å². The molecule has 2 saturated heterocycles. The molecule has 0 aromatic heterocycles. The summed E-state index contributed by atoms with van der Waals surface area (Å²) in [5.41, 5.74) is 2.42. The number of nitrogens with zero attached hydrogens (tertiary/aromatic N) is 3. The van der Waals surface area contributed by atoms with Crippen molar-refractivity contribution in [2.45, 2.75) is 24.6 Å². The van der Waals surface area contributed by atoms with Gasteiger partial charge in [0.2, 0.25) is 15.9 Å². The Bertz CT molecular complexity index is 992. The number of piperazine rings is 1. The number of sulfonamides is 1. The maximum absolute atomic E-state index is 13.1. The van der Waals surface area contributed by atoms with E-state index < -0.39 is 10.0 Å². The van der Waals surface area contributed by atoms with E-state index in [0.717, 1.165) is 16.8 Å². The maximum Gasteiger partial charge on any atom is 0.241 e. The first-order chi connectivity index (χ1) is 13.8. The Morgan fingerprint density at radius 1 is 1.00 bits per heavy atom. The van der Waals surface area contributed by atoms with E-state index in [-0.39, 0.29) is 17.2 Å². The van der Waals surface area contributed by atoms with Crippen LogP contribution in [0.15, 0.2) is 54.6 Å². The second-order valence-corrected chi connectivity index (χ2v) is 10.2. The number of aryl methyl sites for hydroxylation is 1. The van der Waals surface area contributed by atoms with Crippen LogP contribution >= 0.6 is 0 Å². The van der Waals surface area contributed by atoms with Gasteiger partial charge in [0, 0.05) is 25.3 Å². The van der Waals surface area contributed by atoms with Crippen LogP contribution in [0.5, 0.6) is 0 Å². The van der Waals surface area contributed by atoms with E-state index in [0.29, 0.717) is 32.6 Å². The molecule has 2 aromatic carbocycles. The van der Waals surface area contributed by atoms with Crippen LogP contribution in [-0.4, -0.2) is 62.3 Å². The first kappa shape index (κ1) is 20.1. The summed E-state index contributed by atoms with van der Waals surface area (Å²) in [6.45, 7) is 3.68. The molecule has 6 nitrogen and oxygen atoms in total. The summed E-state index contributed by atoms with van der Waals surface area (Å²) >= 11 is 0. The van der Waals surface area contributed by atoms with Gasteiger partial charge in [-0.1, -0.05) is 48.0 Å². The summed E-state index contributed by atoms with van der Waals surface area (Å²) < 4.78 is 27.7. The van der Waals surface area contributed by atoms with Crippen LogP contribution in [0.2, 0.25) is 0 Å². The highest BCUT2D eigenvalue weighted by Crippen LogP contribution is 2.35. The van der Waals surface area contributed by atoms with Crippen LogP contribution in [0.1, 0.15) is 17.5 Å². The first-order valence-electron chi connectivity index (χ1n) is 9.89. The van der Waals surface area contributed by atoms with Gasteiger partial charge in [-0.3, -0.25) is 9.69 Å². The van der Waals surface area contributed by atoms with Gasteiger partial charge in [0.15, 0.2) is 0 Å². The quantitative estimate of drug-likeness (QED) is 0.771. The fraction of sp³-hybridized carbons (Fsp3) is 0.409. The molecule has 2 heterocycles. The van der Waals surface area contributed by atoms with Gasteiger partial charge in [-0.2, -0.15) is 4.31 Å². The second-order valence-electron chi connectivity index (χ2n) is 8.22. The Morgan fingerprint density at radius 2 is 1.69 bits per heavy atom. The zero-order valence-electron chi connectivity index (χ0n) is 16.9. The number of benzene rings is 2. The van der Waals surface area contributed by atoms with Crippen molar-refractivity contribution in [3.05, 3.63) is 65.7 Å². The van der Waals surface area contributed by atoms with Gasteiger partial charge in [0.25, 0.3) is 0 Å². The van der Waals surface area contributed by atoms with Crippen molar-refractivity contribution in [1.29, 1.82) is 0 Å². The lowest BCUT2D eigenvalue weighted by molar-refractivity contribution is -0.123. The molecule has 0 bridgehead atoms. The zero-order chi connectivity index (χ0) is 20.6. The van der Waals surface area contributed by atoms with Crippen LogP contribution in [-0.2, 0) is 20.6 Å². The minimum absolute atomic E-state index is 0.00834. The third-order valence-corrected chi connectivity index (χ3v) is 7.96. The third-order valence-electron chi connectivity index (χ3n) is 6.16. The predicted molar refractivity (Wildman–Crippen MR) is 114 cm³/mol. The monoisotopic (exact) mass is 413 g/mol. The predicted octanol–water partition coefficient (Wildman–Crippen LogP) is 2.25. The van der Waals surface area contributed by atoms with E-state index in [2.05, 4.69) is 0 Å². The van der Waals surface area contributed by atoms with Crippen LogP contribution < -0.4 is 4.90 Å². The second kappa shape index (κ2) is 7.55. The largest absolute Gasteiger partial charge is 0.309 e. The highest BCUT2D eigenvalue weighted by Gasteiger charge is 2.50. The van der Waals surface area contributed by atoms with Crippen LogP contribution in [0.3, 0.4) is 0 Å². The number of likely N-dealkylation sites (N-methyl/N-ethyl adjacent to an activating group) is 1. The number of para-hydroxylation sites is 1. The van der Waals surface area contributed by atoms with Crippen molar-refractivity contribution in [2.75, 3.05) is 38.1 Å². The minimum atomic E-state index is -3.42. The zero-order valence-corrected chi connectivity index (χ0v) is 17.7. The van der Waals surface area contributed by atoms with Gasteiger partial charge in [0.1, 0.15) is 0 Å². The molecule has 0 saturated carbocycles. The topological polar surface area (TPSA) is 60.9 Å². The van der Waals surface area contributed by atoms with E-state index in [9.17, 15) is 13.2 Å². The number of carbonyl (C=O) groups excluding carboxylic acids is 1. The molecule has 7 heteroatoms. The van der Waals surface area contributed by atoms with Gasteiger partial charge in [-0.25, -0.2) is 8.42 Å². The fourth-order valence-electron chi connectivity index (χ4n) is 4.29. The fourth-order valence-corrected chi connectivity index (χ4v) is 5.89. The molecule has 0 N–H and O–H groups in total. The van der Waals surface area contributed by atoms with E-state index in [1.807, 2.05) is 73.5 Å². The normalized spacial score (nSPS) is 23.8. The lowest BCUT2D eigenvalue weighted by Crippen LogP contribution is -2.64. The lowest BCUT2D eigenvalue weighted by atomic mass is 9.92. The maximum atomic E-state index is 13.1. The van der Waals surface area contributed by atoms with Gasteiger partial charge < -0.3 is 4.90 Å². The van der Waals surface area contributed by atoms with Crippen LogP contribution in [0, 0.1) is 6.92 Å². The number of amides is 1. The van der Waals surface area contributed by atoms with Crippen molar-refractivity contribution < 1.29 is 13.2 Å². The molecule has 2 aliphatic rings. The highest BCUT2D eigenvalue weighted by molar-refractivity contribution is 7.88. The van der Waals surface area contributed by atoms with Crippen LogP contribution in [0.25, 0.3) is 0 Å². The molecule has 1 amide bonds. The number of hydrogen-bond acceptors (Lipinski definition) is 4. The molecule has 0 aliphatic carbocycles. The number of carbonyl (C=O) groups is 1. The lowest BCUT2D eigenvalue weighted by Gasteiger charge is -2.46. The molecule has 2 aromatic rings. The molecule has 29 heavy (non-hydrogen) atoms. The Balaban J connectivity index is 1.53. The van der Waals surface area contributed by atoms with E-state index in [4.69, 9.17) is 0 Å². The first-order valence-corrected chi connectivity index (χ1v) is 11.5. The molecule has 0 radical (unpaired) electrons. The molecule has 0 unspecified atom stereocenters. The molecule has 1 atom stereocenters. The Morgan fingerprint density at radius 3 is 2.38 bits per heavy atom. The van der Waals surface area contributed by atoms with Gasteiger partial charge >= 0.3 is 0 Å². The number of hydrogen-bond donors (Lipinski definition) is 0.